The van der Waals surface area contributed by atoms with E-state index in [1.54, 1.807) is 35.8 Å². The van der Waals surface area contributed by atoms with Gasteiger partial charge in [0.2, 0.25) is 0 Å². The number of anilines is 1. The van der Waals surface area contributed by atoms with E-state index in [0.29, 0.717) is 22.0 Å². The lowest BCUT2D eigenvalue weighted by Crippen LogP contribution is -2.14. The van der Waals surface area contributed by atoms with Crippen molar-refractivity contribution >= 4 is 48.9 Å². The molecule has 0 amide bonds. The Kier molecular flexibility index (Phi) is 4.42. The number of aromatic nitrogens is 1. The smallest absolute Gasteiger partial charge is 0.299 e. The number of fused-ring (bicyclic) bond motifs is 1. The second-order valence-corrected chi connectivity index (χ2v) is 8.42. The number of aryl methyl sites for hydroxylation is 2. The number of thiazole rings is 1. The molecule has 0 unspecified atom stereocenters. The molecule has 0 aliphatic rings. The van der Waals surface area contributed by atoms with Gasteiger partial charge in [0.15, 0.2) is 0 Å². The molecule has 8 heteroatoms. The zero-order chi connectivity index (χ0) is 17.5. The average Bonchev–Trinajstić information content (AvgIpc) is 2.84. The molecule has 1 aromatic heterocycles. The average molecular weight is 383 g/mol. The van der Waals surface area contributed by atoms with Crippen LogP contribution in [0.4, 0.5) is 5.69 Å². The van der Waals surface area contributed by atoms with Crippen molar-refractivity contribution in [1.82, 2.24) is 4.57 Å². The normalized spacial score (nSPS) is 11.8. The van der Waals surface area contributed by atoms with Crippen molar-refractivity contribution in [2.45, 2.75) is 25.3 Å². The summed E-state index contributed by atoms with van der Waals surface area (Å²) in [6, 6.07) is 9.65. The second kappa shape index (κ2) is 6.23. The third-order valence-electron chi connectivity index (χ3n) is 3.70. The van der Waals surface area contributed by atoms with Crippen molar-refractivity contribution in [3.8, 4) is 0 Å². The first kappa shape index (κ1) is 17.0. The predicted octanol–water partition coefficient (Wildman–Crippen LogP) is 3.85. The van der Waals surface area contributed by atoms with Crippen molar-refractivity contribution < 1.29 is 8.42 Å². The van der Waals surface area contributed by atoms with Crippen LogP contribution in [-0.2, 0) is 16.6 Å². The summed E-state index contributed by atoms with van der Waals surface area (Å²) in [5.41, 5.74) is 1.95. The van der Waals surface area contributed by atoms with E-state index in [1.165, 1.54) is 12.1 Å². The Balaban J connectivity index is 2.03. The Morgan fingerprint density at radius 3 is 2.62 bits per heavy atom. The fourth-order valence-electron chi connectivity index (χ4n) is 2.46. The van der Waals surface area contributed by atoms with Gasteiger partial charge < -0.3 is 0 Å². The van der Waals surface area contributed by atoms with Crippen LogP contribution in [0.1, 0.15) is 12.5 Å². The number of sulfonamides is 1. The van der Waals surface area contributed by atoms with Crippen LogP contribution in [0.25, 0.3) is 10.2 Å². The van der Waals surface area contributed by atoms with Crippen LogP contribution in [0, 0.1) is 6.92 Å². The standard InChI is InChI=1S/C16H15ClN2O3S2/c1-3-19-14-7-5-12(9-15(14)23-16(19)20)24(21,22)18-13-6-4-11(17)8-10(13)2/h4-9,18H,3H2,1-2H3. The van der Waals surface area contributed by atoms with E-state index in [4.69, 9.17) is 11.6 Å². The number of hydrogen-bond donors (Lipinski definition) is 1. The number of nitrogens with one attached hydrogen (secondary N) is 1. The molecule has 0 saturated carbocycles. The van der Waals surface area contributed by atoms with Gasteiger partial charge in [-0.25, -0.2) is 8.42 Å². The van der Waals surface area contributed by atoms with Gasteiger partial charge in [0.1, 0.15) is 0 Å². The Labute approximate surface area is 148 Å². The highest BCUT2D eigenvalue weighted by Gasteiger charge is 2.17. The number of nitrogens with zero attached hydrogens (tertiary/aromatic N) is 1. The number of hydrogen-bond acceptors (Lipinski definition) is 4. The molecule has 3 rings (SSSR count). The summed E-state index contributed by atoms with van der Waals surface area (Å²) in [6.45, 7) is 4.20. The zero-order valence-corrected chi connectivity index (χ0v) is 15.4. The summed E-state index contributed by atoms with van der Waals surface area (Å²) in [6.07, 6.45) is 0. The monoisotopic (exact) mass is 382 g/mol. The zero-order valence-electron chi connectivity index (χ0n) is 13.0. The van der Waals surface area contributed by atoms with Gasteiger partial charge in [0, 0.05) is 11.6 Å². The van der Waals surface area contributed by atoms with E-state index in [2.05, 4.69) is 4.72 Å². The Morgan fingerprint density at radius 1 is 1.21 bits per heavy atom. The van der Waals surface area contributed by atoms with Gasteiger partial charge in [-0.2, -0.15) is 0 Å². The van der Waals surface area contributed by atoms with Gasteiger partial charge in [-0.3, -0.25) is 14.1 Å². The van der Waals surface area contributed by atoms with E-state index in [9.17, 15) is 13.2 Å². The highest BCUT2D eigenvalue weighted by atomic mass is 35.5. The first-order chi connectivity index (χ1) is 11.3. The number of rotatable bonds is 4. The number of benzene rings is 2. The summed E-state index contributed by atoms with van der Waals surface area (Å²) in [4.78, 5) is 11.9. The minimum Gasteiger partial charge on any atom is -0.299 e. The molecule has 0 saturated heterocycles. The molecular weight excluding hydrogens is 368 g/mol. The van der Waals surface area contributed by atoms with Gasteiger partial charge in [-0.05, 0) is 55.8 Å². The summed E-state index contributed by atoms with van der Waals surface area (Å²) in [7, 11) is -3.75. The predicted molar refractivity (Wildman–Crippen MR) is 98.8 cm³/mol. The van der Waals surface area contributed by atoms with Crippen molar-refractivity contribution in [3.05, 3.63) is 56.7 Å². The second-order valence-electron chi connectivity index (χ2n) is 5.31. The lowest BCUT2D eigenvalue weighted by molar-refractivity contribution is 0.601. The van der Waals surface area contributed by atoms with Gasteiger partial charge in [0.05, 0.1) is 20.8 Å². The summed E-state index contributed by atoms with van der Waals surface area (Å²) in [5.74, 6) is 0. The maximum absolute atomic E-state index is 12.6. The van der Waals surface area contributed by atoms with Gasteiger partial charge in [-0.15, -0.1) is 0 Å². The maximum atomic E-state index is 12.6. The quantitative estimate of drug-likeness (QED) is 0.745. The van der Waals surface area contributed by atoms with Crippen LogP contribution in [-0.4, -0.2) is 13.0 Å². The molecule has 24 heavy (non-hydrogen) atoms. The minimum absolute atomic E-state index is 0.0939. The fourth-order valence-corrected chi connectivity index (χ4v) is 4.91. The summed E-state index contributed by atoms with van der Waals surface area (Å²) >= 11 is 6.94. The van der Waals surface area contributed by atoms with Crippen molar-refractivity contribution in [3.63, 3.8) is 0 Å². The molecule has 1 N–H and O–H groups in total. The topological polar surface area (TPSA) is 68.2 Å². The van der Waals surface area contributed by atoms with Crippen LogP contribution in [0.5, 0.6) is 0 Å². The fraction of sp³-hybridized carbons (Fsp3) is 0.188. The molecular formula is C16H15ClN2O3S2. The molecule has 0 aliphatic heterocycles. The maximum Gasteiger partial charge on any atom is 0.308 e. The van der Waals surface area contributed by atoms with Crippen molar-refractivity contribution in [1.29, 1.82) is 0 Å². The summed E-state index contributed by atoms with van der Waals surface area (Å²) in [5, 5.41) is 0.544. The molecule has 0 radical (unpaired) electrons. The molecule has 0 spiro atoms. The van der Waals surface area contributed by atoms with Crippen molar-refractivity contribution in [2.75, 3.05) is 4.72 Å². The molecule has 0 atom stereocenters. The Morgan fingerprint density at radius 2 is 1.96 bits per heavy atom. The summed E-state index contributed by atoms with van der Waals surface area (Å²) < 4.78 is 30.1. The molecule has 126 valence electrons. The van der Waals surface area contributed by atoms with E-state index < -0.39 is 10.0 Å². The van der Waals surface area contributed by atoms with Crippen LogP contribution >= 0.6 is 22.9 Å². The lowest BCUT2D eigenvalue weighted by atomic mass is 10.2. The highest BCUT2D eigenvalue weighted by molar-refractivity contribution is 7.92. The number of halogens is 1. The van der Waals surface area contributed by atoms with Crippen LogP contribution in [0.15, 0.2) is 46.1 Å². The Hall–Kier alpha value is -1.83. The third kappa shape index (κ3) is 3.07. The third-order valence-corrected chi connectivity index (χ3v) is 6.24. The molecule has 5 nitrogen and oxygen atoms in total. The van der Waals surface area contributed by atoms with Gasteiger partial charge in [-0.1, -0.05) is 22.9 Å². The SMILES string of the molecule is CCn1c(=O)sc2cc(S(=O)(=O)Nc3ccc(Cl)cc3C)ccc21. The largest absolute Gasteiger partial charge is 0.308 e. The van der Waals surface area contributed by atoms with Gasteiger partial charge in [0.25, 0.3) is 10.0 Å². The molecule has 0 bridgehead atoms. The van der Waals surface area contributed by atoms with E-state index in [1.807, 2.05) is 6.92 Å². The van der Waals surface area contributed by atoms with E-state index in [-0.39, 0.29) is 9.77 Å². The molecule has 0 fully saturated rings. The molecule has 1 heterocycles. The van der Waals surface area contributed by atoms with Gasteiger partial charge >= 0.3 is 4.87 Å². The Bertz CT molecular complexity index is 1080. The molecule has 2 aromatic carbocycles. The first-order valence-electron chi connectivity index (χ1n) is 7.24. The van der Waals surface area contributed by atoms with Crippen LogP contribution in [0.3, 0.4) is 0 Å². The van der Waals surface area contributed by atoms with Crippen LogP contribution in [0.2, 0.25) is 5.02 Å². The lowest BCUT2D eigenvalue weighted by Gasteiger charge is -2.11. The van der Waals surface area contributed by atoms with E-state index in [0.717, 1.165) is 22.4 Å². The minimum atomic E-state index is -3.75. The molecule has 3 aromatic rings. The van der Waals surface area contributed by atoms with Crippen LogP contribution < -0.4 is 9.60 Å². The molecule has 0 aliphatic carbocycles. The van der Waals surface area contributed by atoms with E-state index >= 15 is 0 Å². The highest BCUT2D eigenvalue weighted by Crippen LogP contribution is 2.25. The van der Waals surface area contributed by atoms with Crippen molar-refractivity contribution in [2.24, 2.45) is 0 Å². The first-order valence-corrected chi connectivity index (χ1v) is 9.92.